The summed E-state index contributed by atoms with van der Waals surface area (Å²) < 4.78 is 7.73. The molecule has 28 heavy (non-hydrogen) atoms. The van der Waals surface area contributed by atoms with Gasteiger partial charge in [-0.15, -0.1) is 36.2 Å². The maximum Gasteiger partial charge on any atom is 0.236 e. The van der Waals surface area contributed by atoms with Crippen molar-refractivity contribution in [3.8, 4) is 10.8 Å². The second-order valence-electron chi connectivity index (χ2n) is 6.38. The first-order chi connectivity index (χ1) is 12.6. The smallest absolute Gasteiger partial charge is 0.236 e. The van der Waals surface area contributed by atoms with E-state index in [0.717, 1.165) is 17.2 Å². The number of oxazole rings is 1. The number of carbonyl (C=O) groups excluding carboxylic acids is 1. The second-order valence-corrected chi connectivity index (χ2v) is 7.33. The predicted octanol–water partition coefficient (Wildman–Crippen LogP) is 3.00. The molecule has 10 heteroatoms. The van der Waals surface area contributed by atoms with Gasteiger partial charge in [-0.3, -0.25) is 4.79 Å². The number of amides is 1. The highest BCUT2D eigenvalue weighted by Crippen LogP contribution is 2.27. The highest BCUT2D eigenvalue weighted by Gasteiger charge is 2.31. The number of imidazole rings is 1. The quantitative estimate of drug-likeness (QED) is 0.670. The number of nitrogens with one attached hydrogen (secondary N) is 1. The van der Waals surface area contributed by atoms with Gasteiger partial charge in [0.25, 0.3) is 0 Å². The summed E-state index contributed by atoms with van der Waals surface area (Å²) >= 11 is 1.57. The lowest BCUT2D eigenvalue weighted by atomic mass is 10.1. The normalized spacial score (nSPS) is 16.4. The zero-order valence-electron chi connectivity index (χ0n) is 15.6. The van der Waals surface area contributed by atoms with Crippen LogP contribution >= 0.6 is 36.2 Å². The fourth-order valence-electron chi connectivity index (χ4n) is 3.27. The molecule has 1 amide bonds. The summed E-state index contributed by atoms with van der Waals surface area (Å²) in [6, 6.07) is 3.86. The van der Waals surface area contributed by atoms with Crippen molar-refractivity contribution in [2.75, 3.05) is 19.6 Å². The zero-order valence-corrected chi connectivity index (χ0v) is 18.1. The van der Waals surface area contributed by atoms with Crippen molar-refractivity contribution in [1.29, 1.82) is 0 Å². The Morgan fingerprint density at radius 1 is 1.43 bits per heavy atom. The van der Waals surface area contributed by atoms with Crippen molar-refractivity contribution in [3.63, 3.8) is 0 Å². The van der Waals surface area contributed by atoms with E-state index in [2.05, 4.69) is 15.3 Å². The van der Waals surface area contributed by atoms with Gasteiger partial charge in [-0.1, -0.05) is 6.07 Å². The molecule has 1 saturated heterocycles. The Kier molecular flexibility index (Phi) is 7.65. The molecule has 152 valence electrons. The molecule has 1 atom stereocenters. The average molecular weight is 444 g/mol. The van der Waals surface area contributed by atoms with Crippen molar-refractivity contribution < 1.29 is 9.21 Å². The minimum atomic E-state index is -0.0692. The van der Waals surface area contributed by atoms with Crippen LogP contribution in [0, 0.1) is 6.92 Å². The number of hydrogen-bond acceptors (Lipinski definition) is 6. The molecule has 1 unspecified atom stereocenters. The minimum absolute atomic E-state index is 0. The molecule has 1 fully saturated rings. The molecule has 4 heterocycles. The molecule has 1 aliphatic rings. The van der Waals surface area contributed by atoms with Crippen molar-refractivity contribution in [2.45, 2.75) is 19.4 Å². The molecule has 0 aromatic carbocycles. The highest BCUT2D eigenvalue weighted by atomic mass is 35.5. The molecule has 0 spiro atoms. The van der Waals surface area contributed by atoms with Gasteiger partial charge in [0.2, 0.25) is 11.8 Å². The van der Waals surface area contributed by atoms with E-state index in [9.17, 15) is 4.79 Å². The third kappa shape index (κ3) is 4.41. The van der Waals surface area contributed by atoms with Crippen LogP contribution in [0.5, 0.6) is 0 Å². The van der Waals surface area contributed by atoms with Gasteiger partial charge in [0.1, 0.15) is 17.6 Å². The maximum absolute atomic E-state index is 13.0. The number of nitrogens with zero attached hydrogens (tertiary/aromatic N) is 4. The Bertz CT molecular complexity index is 909. The number of halogens is 2. The van der Waals surface area contributed by atoms with Crippen LogP contribution in [-0.4, -0.2) is 45.0 Å². The van der Waals surface area contributed by atoms with E-state index in [-0.39, 0.29) is 43.2 Å². The van der Waals surface area contributed by atoms with Gasteiger partial charge in [-0.2, -0.15) is 0 Å². The summed E-state index contributed by atoms with van der Waals surface area (Å²) in [5.74, 6) is 2.22. The topological polar surface area (TPSA) is 76.2 Å². The Hall–Kier alpha value is -1.87. The Morgan fingerprint density at radius 3 is 2.93 bits per heavy atom. The number of aromatic nitrogens is 3. The third-order valence-corrected chi connectivity index (χ3v) is 5.52. The van der Waals surface area contributed by atoms with Gasteiger partial charge in [0.15, 0.2) is 0 Å². The fourth-order valence-corrected chi connectivity index (χ4v) is 3.92. The van der Waals surface area contributed by atoms with E-state index in [1.807, 2.05) is 47.1 Å². The summed E-state index contributed by atoms with van der Waals surface area (Å²) in [6.45, 7) is 4.01. The van der Waals surface area contributed by atoms with Gasteiger partial charge in [-0.05, 0) is 18.4 Å². The zero-order chi connectivity index (χ0) is 18.1. The standard InChI is InChI=1S/C18H21N5O2S.2ClH/c1-12-13(21-18(25-12)15-4-3-9-26-15)10-16(24)23-8-5-19-11-14(23)17-20-6-7-22(17)2;;/h3-4,6-7,9,14,19H,5,8,10-11H2,1-2H3;2*1H. The molecule has 1 N–H and O–H groups in total. The number of rotatable bonds is 4. The molecule has 0 bridgehead atoms. The molecule has 0 saturated carbocycles. The molecule has 0 aliphatic carbocycles. The first kappa shape index (κ1) is 22.4. The Labute approximate surface area is 180 Å². The van der Waals surface area contributed by atoms with Crippen LogP contribution in [0.4, 0.5) is 0 Å². The van der Waals surface area contributed by atoms with E-state index in [4.69, 9.17) is 4.42 Å². The third-order valence-electron chi connectivity index (χ3n) is 4.66. The van der Waals surface area contributed by atoms with Gasteiger partial charge in [0.05, 0.1) is 17.0 Å². The lowest BCUT2D eigenvalue weighted by Gasteiger charge is -2.35. The highest BCUT2D eigenvalue weighted by molar-refractivity contribution is 7.13. The molecule has 3 aromatic rings. The van der Waals surface area contributed by atoms with E-state index in [1.54, 1.807) is 17.5 Å². The lowest BCUT2D eigenvalue weighted by molar-refractivity contribution is -0.134. The van der Waals surface area contributed by atoms with E-state index in [1.165, 1.54) is 0 Å². The van der Waals surface area contributed by atoms with Crippen LogP contribution in [-0.2, 0) is 18.3 Å². The summed E-state index contributed by atoms with van der Waals surface area (Å²) in [6.07, 6.45) is 3.91. The number of piperazine rings is 1. The minimum Gasteiger partial charge on any atom is -0.440 e. The monoisotopic (exact) mass is 443 g/mol. The van der Waals surface area contributed by atoms with E-state index >= 15 is 0 Å². The number of hydrogen-bond donors (Lipinski definition) is 1. The van der Waals surface area contributed by atoms with Crippen molar-refractivity contribution in [3.05, 3.63) is 47.2 Å². The lowest BCUT2D eigenvalue weighted by Crippen LogP contribution is -2.50. The maximum atomic E-state index is 13.0. The first-order valence-corrected chi connectivity index (χ1v) is 9.49. The predicted molar refractivity (Wildman–Crippen MR) is 113 cm³/mol. The van der Waals surface area contributed by atoms with E-state index in [0.29, 0.717) is 30.4 Å². The van der Waals surface area contributed by atoms with Crippen molar-refractivity contribution in [1.82, 2.24) is 24.8 Å². The van der Waals surface area contributed by atoms with Crippen molar-refractivity contribution in [2.24, 2.45) is 7.05 Å². The van der Waals surface area contributed by atoms with Crippen LogP contribution in [0.3, 0.4) is 0 Å². The van der Waals surface area contributed by atoms with E-state index < -0.39 is 0 Å². The largest absolute Gasteiger partial charge is 0.440 e. The molecule has 3 aromatic heterocycles. The second kappa shape index (κ2) is 9.56. The molecule has 0 radical (unpaired) electrons. The van der Waals surface area contributed by atoms with Gasteiger partial charge in [0, 0.05) is 39.1 Å². The molecule has 4 rings (SSSR count). The Morgan fingerprint density at radius 2 is 2.25 bits per heavy atom. The number of thiophene rings is 1. The number of aryl methyl sites for hydroxylation is 2. The molecule has 1 aliphatic heterocycles. The van der Waals surface area contributed by atoms with Crippen LogP contribution in [0.2, 0.25) is 0 Å². The molecular weight excluding hydrogens is 421 g/mol. The number of carbonyl (C=O) groups is 1. The SMILES string of the molecule is Cc1oc(-c2cccs2)nc1CC(=O)N1CCNCC1c1nccn1C.Cl.Cl. The van der Waals surface area contributed by atoms with Crippen LogP contribution < -0.4 is 5.32 Å². The van der Waals surface area contributed by atoms with Crippen molar-refractivity contribution >= 4 is 42.1 Å². The van der Waals surface area contributed by atoms with Gasteiger partial charge < -0.3 is 19.2 Å². The Balaban J connectivity index is 0.00000140. The van der Waals surface area contributed by atoms with Crippen LogP contribution in [0.1, 0.15) is 23.3 Å². The summed E-state index contributed by atoms with van der Waals surface area (Å²) in [4.78, 5) is 24.9. The van der Waals surface area contributed by atoms with Gasteiger partial charge >= 0.3 is 0 Å². The molecular formula is C18H23Cl2N5O2S. The average Bonchev–Trinajstić information content (AvgIpc) is 3.37. The fraction of sp³-hybridized carbons (Fsp3) is 0.389. The van der Waals surface area contributed by atoms with Crippen LogP contribution in [0.25, 0.3) is 10.8 Å². The summed E-state index contributed by atoms with van der Waals surface area (Å²) in [5, 5.41) is 5.34. The first-order valence-electron chi connectivity index (χ1n) is 8.61. The van der Waals surface area contributed by atoms with Crippen LogP contribution in [0.15, 0.2) is 34.3 Å². The summed E-state index contributed by atoms with van der Waals surface area (Å²) in [7, 11) is 1.95. The molecule has 7 nitrogen and oxygen atoms in total. The summed E-state index contributed by atoms with van der Waals surface area (Å²) in [5.41, 5.74) is 0.704. The van der Waals surface area contributed by atoms with Gasteiger partial charge in [-0.25, -0.2) is 9.97 Å².